The summed E-state index contributed by atoms with van der Waals surface area (Å²) < 4.78 is 42.0. The summed E-state index contributed by atoms with van der Waals surface area (Å²) in [5.41, 5.74) is 4.89. The van der Waals surface area contributed by atoms with Gasteiger partial charge in [0, 0.05) is 87.3 Å². The molecule has 4 fully saturated rings. The van der Waals surface area contributed by atoms with E-state index >= 15 is 0 Å². The summed E-state index contributed by atoms with van der Waals surface area (Å²) in [7, 11) is -4.59. The zero-order valence-corrected chi connectivity index (χ0v) is 44.3. The van der Waals surface area contributed by atoms with Crippen LogP contribution < -0.4 is 24.4 Å². The fourth-order valence-electron chi connectivity index (χ4n) is 12.0. The number of aliphatic hydroxyl groups is 1. The average molecular weight is 1040 g/mol. The summed E-state index contributed by atoms with van der Waals surface area (Å²) in [6.45, 7) is 15.0. The van der Waals surface area contributed by atoms with Crippen LogP contribution in [0.25, 0.3) is 11.0 Å². The van der Waals surface area contributed by atoms with E-state index in [1.165, 1.54) is 28.8 Å². The molecule has 1 spiro atoms. The molecule has 10 rings (SSSR count). The number of sulfonamides is 1. The molecule has 2 saturated heterocycles. The quantitative estimate of drug-likeness (QED) is 0.0498. The molecule has 16 nitrogen and oxygen atoms in total. The molecule has 1 unspecified atom stereocenters. The lowest BCUT2D eigenvalue weighted by atomic mass is 9.59. The first kappa shape index (κ1) is 51.9. The molecule has 2 aliphatic carbocycles. The van der Waals surface area contributed by atoms with Crippen molar-refractivity contribution in [1.29, 1.82) is 0 Å². The van der Waals surface area contributed by atoms with Crippen molar-refractivity contribution < 1.29 is 32.7 Å². The second-order valence-corrected chi connectivity index (χ2v) is 23.6. The number of nitrogens with one attached hydrogen (secondary N) is 3. The smallest absolute Gasteiger partial charge is 0.293 e. The molecule has 0 radical (unpaired) electrons. The Labute approximate surface area is 440 Å². The van der Waals surface area contributed by atoms with Crippen LogP contribution in [0.15, 0.2) is 114 Å². The first-order valence-corrected chi connectivity index (χ1v) is 28.1. The predicted molar refractivity (Wildman–Crippen MR) is 291 cm³/mol. The van der Waals surface area contributed by atoms with Gasteiger partial charge in [-0.1, -0.05) is 50.2 Å². The summed E-state index contributed by atoms with van der Waals surface area (Å²) in [6.07, 6.45) is 10.4. The van der Waals surface area contributed by atoms with E-state index in [2.05, 4.69) is 97.1 Å². The molecule has 2 saturated carbocycles. The maximum absolute atomic E-state index is 14.1. The number of rotatable bonds is 17. The van der Waals surface area contributed by atoms with Gasteiger partial charge in [0.15, 0.2) is 0 Å². The van der Waals surface area contributed by atoms with Crippen molar-refractivity contribution in [3.05, 3.63) is 142 Å². The number of nitro benzene ring substituents is 1. The maximum atomic E-state index is 14.1. The van der Waals surface area contributed by atoms with Gasteiger partial charge in [-0.25, -0.2) is 18.1 Å². The Kier molecular flexibility index (Phi) is 15.0. The summed E-state index contributed by atoms with van der Waals surface area (Å²) in [6, 6.07) is 30.7. The van der Waals surface area contributed by atoms with Gasteiger partial charge in [-0.2, -0.15) is 0 Å². The Balaban J connectivity index is 0.827. The largest absolute Gasteiger partial charge is 0.494 e. The van der Waals surface area contributed by atoms with E-state index in [1.54, 1.807) is 30.6 Å². The number of aromatic amines is 1. The SMILES string of the molecule is CCOc1ccc(CN2CCN(C3CC4(CCN(c5ccc(C(=O)NS(=O)(=O)c6ccc(NCC7CCC(C)(O)CC7)c([N+](=O)[O-])c6)c(Oc6cnc7[nH]ccc7c6)c5)CC4)C3)C(c3ccccc3C(C)C)C2)cc1. The van der Waals surface area contributed by atoms with Gasteiger partial charge in [-0.15, -0.1) is 0 Å². The maximum Gasteiger partial charge on any atom is 0.293 e. The number of ether oxygens (including phenoxy) is 2. The second kappa shape index (κ2) is 21.6. The number of nitro groups is 1. The van der Waals surface area contributed by atoms with E-state index < -0.39 is 37.0 Å². The Hall–Kier alpha value is -6.53. The lowest BCUT2D eigenvalue weighted by Crippen LogP contribution is -2.60. The second-order valence-electron chi connectivity index (χ2n) is 22.0. The van der Waals surface area contributed by atoms with Crippen LogP contribution in [0.1, 0.15) is 118 Å². The fraction of sp³-hybridized carbons (Fsp3) is 0.448. The Morgan fingerprint density at radius 3 is 2.43 bits per heavy atom. The van der Waals surface area contributed by atoms with Crippen LogP contribution in [-0.2, 0) is 16.6 Å². The summed E-state index contributed by atoms with van der Waals surface area (Å²) >= 11 is 0. The average Bonchev–Trinajstić information content (AvgIpc) is 3.88. The Bertz CT molecular complexity index is 3120. The molecule has 1 atom stereocenters. The number of carbonyl (C=O) groups excluding carboxylic acids is 1. The molecule has 17 heteroatoms. The van der Waals surface area contributed by atoms with Gasteiger partial charge in [0.25, 0.3) is 21.6 Å². The molecule has 0 bridgehead atoms. The third kappa shape index (κ3) is 11.7. The van der Waals surface area contributed by atoms with Crippen LogP contribution >= 0.6 is 0 Å². The van der Waals surface area contributed by atoms with E-state index in [0.717, 1.165) is 101 Å². The molecule has 4 aromatic carbocycles. The van der Waals surface area contributed by atoms with Crippen molar-refractivity contribution >= 4 is 44.0 Å². The molecule has 2 aliphatic heterocycles. The van der Waals surface area contributed by atoms with Crippen LogP contribution in [0, 0.1) is 21.4 Å². The highest BCUT2D eigenvalue weighted by Gasteiger charge is 2.50. The standard InChI is InChI=1S/C58H70N8O8S/c1-5-73-45-13-10-41(11-14-45)37-63-28-29-65(53(38-63)49-9-7-6-8-48(49)39(2)3)44-33-58(34-44)23-26-64(27-24-58)43-12-16-50(54(31-43)74-46-30-42-20-25-59-55(42)61-36-46)56(67)62-75(71,72)47-15-17-51(52(32-47)66(69)70)60-35-40-18-21-57(4,68)22-19-40/h6-17,20,25,30-32,36,39-40,44,53,60,68H,5,18-19,21-24,26-29,33-35,37-38H2,1-4H3,(H,59,61)(H,62,67). The number of H-pyrrole nitrogens is 1. The summed E-state index contributed by atoms with van der Waals surface area (Å²) in [5, 5.41) is 26.5. The number of piperazine rings is 1. The number of amides is 1. The van der Waals surface area contributed by atoms with Gasteiger partial charge >= 0.3 is 0 Å². The molecule has 396 valence electrons. The topological polar surface area (TPSA) is 195 Å². The number of hydrogen-bond acceptors (Lipinski definition) is 13. The molecular formula is C58H70N8O8S. The molecule has 4 N–H and O–H groups in total. The number of benzene rings is 4. The van der Waals surface area contributed by atoms with Gasteiger partial charge < -0.3 is 29.8 Å². The van der Waals surface area contributed by atoms with Gasteiger partial charge in [-0.05, 0) is 148 Å². The van der Waals surface area contributed by atoms with Crippen molar-refractivity contribution in [2.75, 3.05) is 56.1 Å². The monoisotopic (exact) mass is 1040 g/mol. The minimum atomic E-state index is -4.59. The van der Waals surface area contributed by atoms with E-state index in [0.29, 0.717) is 55.4 Å². The van der Waals surface area contributed by atoms with Gasteiger partial charge in [0.2, 0.25) is 0 Å². The van der Waals surface area contributed by atoms with Gasteiger partial charge in [-0.3, -0.25) is 24.7 Å². The van der Waals surface area contributed by atoms with Crippen molar-refractivity contribution in [3.8, 4) is 17.2 Å². The summed E-state index contributed by atoms with van der Waals surface area (Å²) in [5.74, 6) is 1.07. The number of aromatic nitrogens is 2. The molecule has 2 aromatic heterocycles. The number of carbonyl (C=O) groups is 1. The Morgan fingerprint density at radius 1 is 0.933 bits per heavy atom. The highest BCUT2D eigenvalue weighted by Crippen LogP contribution is 2.53. The highest BCUT2D eigenvalue weighted by molar-refractivity contribution is 7.90. The molecule has 4 aliphatic rings. The zero-order valence-electron chi connectivity index (χ0n) is 43.5. The third-order valence-electron chi connectivity index (χ3n) is 16.4. The van der Waals surface area contributed by atoms with Crippen LogP contribution in [0.5, 0.6) is 17.2 Å². The van der Waals surface area contributed by atoms with Gasteiger partial charge in [0.1, 0.15) is 28.6 Å². The van der Waals surface area contributed by atoms with Crippen molar-refractivity contribution in [3.63, 3.8) is 0 Å². The van der Waals surface area contributed by atoms with Crippen LogP contribution in [0.3, 0.4) is 0 Å². The van der Waals surface area contributed by atoms with Crippen LogP contribution in [0.4, 0.5) is 17.1 Å². The number of pyridine rings is 1. The molecule has 4 heterocycles. The Morgan fingerprint density at radius 2 is 1.69 bits per heavy atom. The number of fused-ring (bicyclic) bond motifs is 1. The van der Waals surface area contributed by atoms with E-state index in [-0.39, 0.29) is 28.3 Å². The third-order valence-corrected chi connectivity index (χ3v) is 17.7. The number of anilines is 2. The lowest BCUT2D eigenvalue weighted by molar-refractivity contribution is -0.384. The normalized spacial score (nSPS) is 21.5. The number of nitrogens with zero attached hydrogens (tertiary/aromatic N) is 5. The lowest BCUT2D eigenvalue weighted by Gasteiger charge is -2.58. The highest BCUT2D eigenvalue weighted by atomic mass is 32.2. The zero-order chi connectivity index (χ0) is 52.5. The number of hydrogen-bond donors (Lipinski definition) is 4. The minimum Gasteiger partial charge on any atom is -0.494 e. The molecule has 1 amide bonds. The van der Waals surface area contributed by atoms with Crippen molar-refractivity contribution in [2.45, 2.75) is 114 Å². The van der Waals surface area contributed by atoms with Crippen molar-refractivity contribution in [1.82, 2.24) is 24.5 Å². The van der Waals surface area contributed by atoms with E-state index in [4.69, 9.17) is 9.47 Å². The fourth-order valence-corrected chi connectivity index (χ4v) is 13.0. The minimum absolute atomic E-state index is 0.0285. The molecule has 75 heavy (non-hydrogen) atoms. The van der Waals surface area contributed by atoms with E-state index in [9.17, 15) is 28.4 Å². The first-order valence-electron chi connectivity index (χ1n) is 26.6. The molecule has 6 aromatic rings. The summed E-state index contributed by atoms with van der Waals surface area (Å²) in [4.78, 5) is 40.6. The van der Waals surface area contributed by atoms with Crippen LogP contribution in [0.2, 0.25) is 0 Å². The van der Waals surface area contributed by atoms with E-state index in [1.807, 2.05) is 26.0 Å². The number of piperidine rings is 1. The van der Waals surface area contributed by atoms with Crippen LogP contribution in [-0.4, -0.2) is 102 Å². The van der Waals surface area contributed by atoms with Crippen molar-refractivity contribution in [2.24, 2.45) is 11.3 Å². The first-order chi connectivity index (χ1) is 36.0. The molecular weight excluding hydrogens is 969 g/mol. The predicted octanol–water partition coefficient (Wildman–Crippen LogP) is 10.6. The van der Waals surface area contributed by atoms with Gasteiger partial charge in [0.05, 0.1) is 33.8 Å².